The van der Waals surface area contributed by atoms with Crippen LogP contribution in [0.1, 0.15) is 34.3 Å². The minimum atomic E-state index is -0.883. The van der Waals surface area contributed by atoms with Gasteiger partial charge < -0.3 is 10.3 Å². The quantitative estimate of drug-likeness (QED) is 0.695. The minimum Gasteiger partial charge on any atom is -0.369 e. The number of fused-ring (bicyclic) bond motifs is 1. The highest BCUT2D eigenvalue weighted by molar-refractivity contribution is 6.18. The van der Waals surface area contributed by atoms with Gasteiger partial charge in [-0.05, 0) is 37.3 Å². The smallest absolute Gasteiger partial charge is 0.201 e. The highest BCUT2D eigenvalue weighted by atomic mass is 19.1. The third-order valence-corrected chi connectivity index (χ3v) is 4.48. The van der Waals surface area contributed by atoms with Crippen LogP contribution in [0.25, 0.3) is 11.0 Å². The zero-order valence-corrected chi connectivity index (χ0v) is 13.6. The lowest BCUT2D eigenvalue weighted by Crippen LogP contribution is -2.10. The van der Waals surface area contributed by atoms with Crippen LogP contribution in [-0.4, -0.2) is 27.3 Å². The third kappa shape index (κ3) is 2.75. The van der Waals surface area contributed by atoms with Crippen molar-refractivity contribution < 1.29 is 13.6 Å². The first kappa shape index (κ1) is 15.7. The molecule has 1 saturated carbocycles. The summed E-state index contributed by atoms with van der Waals surface area (Å²) < 4.78 is 28.5. The first-order valence-electron chi connectivity index (χ1n) is 8.11. The monoisotopic (exact) mass is 342 g/mol. The van der Waals surface area contributed by atoms with Gasteiger partial charge in [-0.25, -0.2) is 18.7 Å². The molecular formula is C18H16F2N4O. The number of aromatic amines is 1. The maximum atomic E-state index is 14.3. The first-order valence-corrected chi connectivity index (χ1v) is 8.11. The summed E-state index contributed by atoms with van der Waals surface area (Å²) in [6, 6.07) is 2.41. The summed E-state index contributed by atoms with van der Waals surface area (Å²) in [4.78, 5) is 24.0. The number of rotatable bonds is 5. The van der Waals surface area contributed by atoms with Crippen LogP contribution >= 0.6 is 0 Å². The van der Waals surface area contributed by atoms with Gasteiger partial charge in [0, 0.05) is 12.7 Å². The van der Waals surface area contributed by atoms with Gasteiger partial charge in [0.1, 0.15) is 29.4 Å². The Morgan fingerprint density at radius 2 is 2.12 bits per heavy atom. The van der Waals surface area contributed by atoms with Gasteiger partial charge in [0.15, 0.2) is 0 Å². The number of carbonyl (C=O) groups is 1. The van der Waals surface area contributed by atoms with E-state index in [4.69, 9.17) is 0 Å². The predicted molar refractivity (Wildman–Crippen MR) is 89.6 cm³/mol. The average Bonchev–Trinajstić information content (AvgIpc) is 3.33. The Hall–Kier alpha value is -2.83. The van der Waals surface area contributed by atoms with Gasteiger partial charge in [0.2, 0.25) is 5.78 Å². The molecule has 25 heavy (non-hydrogen) atoms. The van der Waals surface area contributed by atoms with Crippen molar-refractivity contribution in [2.75, 3.05) is 11.9 Å². The SMILES string of the molecule is Cc1ccc(F)c(C(=O)c2c[nH]c3ncnc(NCC4CC4)c23)c1F. The molecule has 1 fully saturated rings. The molecule has 0 unspecified atom stereocenters. The number of nitrogens with one attached hydrogen (secondary N) is 2. The van der Waals surface area contributed by atoms with Crippen LogP contribution in [0.2, 0.25) is 0 Å². The first-order chi connectivity index (χ1) is 12.1. The van der Waals surface area contributed by atoms with Gasteiger partial charge in [-0.1, -0.05) is 6.07 Å². The largest absolute Gasteiger partial charge is 0.369 e. The molecule has 0 amide bonds. The lowest BCUT2D eigenvalue weighted by Gasteiger charge is -2.08. The second kappa shape index (κ2) is 5.91. The van der Waals surface area contributed by atoms with E-state index in [9.17, 15) is 13.6 Å². The van der Waals surface area contributed by atoms with E-state index in [0.717, 1.165) is 12.6 Å². The molecule has 0 spiro atoms. The van der Waals surface area contributed by atoms with E-state index < -0.39 is 23.0 Å². The summed E-state index contributed by atoms with van der Waals surface area (Å²) in [5.41, 5.74) is 0.258. The van der Waals surface area contributed by atoms with Crippen LogP contribution in [0, 0.1) is 24.5 Å². The molecular weight excluding hydrogens is 326 g/mol. The Morgan fingerprint density at radius 3 is 2.88 bits per heavy atom. The van der Waals surface area contributed by atoms with Gasteiger partial charge in [0.25, 0.3) is 0 Å². The van der Waals surface area contributed by atoms with Crippen molar-refractivity contribution in [3.63, 3.8) is 0 Å². The van der Waals surface area contributed by atoms with Crippen LogP contribution < -0.4 is 5.32 Å². The second-order valence-corrected chi connectivity index (χ2v) is 6.35. The van der Waals surface area contributed by atoms with Crippen molar-refractivity contribution in [3.05, 3.63) is 53.0 Å². The van der Waals surface area contributed by atoms with Crippen LogP contribution in [0.5, 0.6) is 0 Å². The molecule has 1 aromatic carbocycles. The molecule has 2 aromatic heterocycles. The number of nitrogens with zero attached hydrogens (tertiary/aromatic N) is 2. The lowest BCUT2D eigenvalue weighted by molar-refractivity contribution is 0.103. The van der Waals surface area contributed by atoms with E-state index in [2.05, 4.69) is 20.3 Å². The number of carbonyl (C=O) groups excluding carboxylic acids is 1. The number of aromatic nitrogens is 3. The van der Waals surface area contributed by atoms with E-state index in [1.54, 1.807) is 0 Å². The summed E-state index contributed by atoms with van der Waals surface area (Å²) in [6.45, 7) is 2.24. The second-order valence-electron chi connectivity index (χ2n) is 6.35. The predicted octanol–water partition coefficient (Wildman–Crippen LogP) is 3.60. The Bertz CT molecular complexity index is 979. The van der Waals surface area contributed by atoms with Crippen LogP contribution in [-0.2, 0) is 0 Å². The van der Waals surface area contributed by atoms with Gasteiger partial charge in [-0.2, -0.15) is 0 Å². The van der Waals surface area contributed by atoms with Gasteiger partial charge in [-0.3, -0.25) is 4.79 Å². The van der Waals surface area contributed by atoms with Crippen molar-refractivity contribution in [2.45, 2.75) is 19.8 Å². The van der Waals surface area contributed by atoms with Gasteiger partial charge in [0.05, 0.1) is 16.5 Å². The molecule has 0 atom stereocenters. The number of aryl methyl sites for hydroxylation is 1. The van der Waals surface area contributed by atoms with Crippen molar-refractivity contribution in [3.8, 4) is 0 Å². The molecule has 128 valence electrons. The maximum absolute atomic E-state index is 14.3. The summed E-state index contributed by atoms with van der Waals surface area (Å²) in [5.74, 6) is -1.35. The number of H-pyrrole nitrogens is 1. The molecule has 2 N–H and O–H groups in total. The average molecular weight is 342 g/mol. The summed E-state index contributed by atoms with van der Waals surface area (Å²) in [6.07, 6.45) is 5.14. The molecule has 2 heterocycles. The Morgan fingerprint density at radius 1 is 1.32 bits per heavy atom. The molecule has 0 bridgehead atoms. The molecule has 1 aliphatic carbocycles. The van der Waals surface area contributed by atoms with Crippen LogP contribution in [0.15, 0.2) is 24.7 Å². The molecule has 0 aliphatic heterocycles. The number of benzene rings is 1. The number of ketones is 1. The molecule has 4 rings (SSSR count). The minimum absolute atomic E-state index is 0.150. The van der Waals surface area contributed by atoms with Crippen molar-refractivity contribution in [2.24, 2.45) is 5.92 Å². The van der Waals surface area contributed by atoms with Gasteiger partial charge in [-0.15, -0.1) is 0 Å². The lowest BCUT2D eigenvalue weighted by atomic mass is 10.0. The Kier molecular flexibility index (Phi) is 3.71. The van der Waals surface area contributed by atoms with E-state index >= 15 is 0 Å². The van der Waals surface area contributed by atoms with Crippen molar-refractivity contribution in [1.29, 1.82) is 0 Å². The highest BCUT2D eigenvalue weighted by Gasteiger charge is 2.26. The van der Waals surface area contributed by atoms with Gasteiger partial charge >= 0.3 is 0 Å². The Labute approximate surface area is 142 Å². The summed E-state index contributed by atoms with van der Waals surface area (Å²) >= 11 is 0. The van der Waals surface area contributed by atoms with E-state index in [1.807, 2.05) is 0 Å². The fraction of sp³-hybridized carbons (Fsp3) is 0.278. The standard InChI is InChI=1S/C18H16F2N4O/c1-9-2-5-12(19)14(15(9)20)16(25)11-7-22-18-13(11)17(23-8-24-18)21-6-10-3-4-10/h2,5,7-8,10H,3-4,6H2,1H3,(H2,21,22,23,24). The van der Waals surface area contributed by atoms with Crippen LogP contribution in [0.4, 0.5) is 14.6 Å². The number of halogens is 2. The fourth-order valence-corrected chi connectivity index (χ4v) is 2.84. The maximum Gasteiger partial charge on any atom is 0.201 e. The van der Waals surface area contributed by atoms with Crippen molar-refractivity contribution >= 4 is 22.6 Å². The summed E-state index contributed by atoms with van der Waals surface area (Å²) in [7, 11) is 0. The zero-order valence-electron chi connectivity index (χ0n) is 13.6. The molecule has 1 aliphatic rings. The molecule has 0 saturated heterocycles. The fourth-order valence-electron chi connectivity index (χ4n) is 2.84. The van der Waals surface area contributed by atoms with Crippen LogP contribution in [0.3, 0.4) is 0 Å². The Balaban J connectivity index is 1.81. The van der Waals surface area contributed by atoms with E-state index in [-0.39, 0.29) is 11.1 Å². The van der Waals surface area contributed by atoms with E-state index in [0.29, 0.717) is 22.8 Å². The number of anilines is 1. The number of hydrogen-bond donors (Lipinski definition) is 2. The zero-order chi connectivity index (χ0) is 17.6. The third-order valence-electron chi connectivity index (χ3n) is 4.48. The molecule has 5 nitrogen and oxygen atoms in total. The van der Waals surface area contributed by atoms with E-state index in [1.165, 1.54) is 38.4 Å². The molecule has 3 aromatic rings. The highest BCUT2D eigenvalue weighted by Crippen LogP contribution is 2.31. The molecule has 7 heteroatoms. The van der Waals surface area contributed by atoms with Crippen molar-refractivity contribution in [1.82, 2.24) is 15.0 Å². The normalized spacial score (nSPS) is 14.0. The topological polar surface area (TPSA) is 70.7 Å². The number of hydrogen-bond acceptors (Lipinski definition) is 4. The summed E-state index contributed by atoms with van der Waals surface area (Å²) in [5, 5.41) is 3.66. The molecule has 0 radical (unpaired) electrons.